The average molecular weight is 210 g/mol. The predicted octanol–water partition coefficient (Wildman–Crippen LogP) is 0.484. The maximum Gasteiger partial charge on any atom is 0.289 e. The SMILES string of the molecule is Cc1cc(C(=O)NCC2CC(O)C2)on1. The minimum Gasteiger partial charge on any atom is -0.393 e. The molecule has 2 rings (SSSR count). The average Bonchev–Trinajstić information content (AvgIpc) is 2.57. The maximum absolute atomic E-state index is 11.5. The highest BCUT2D eigenvalue weighted by Crippen LogP contribution is 2.26. The van der Waals surface area contributed by atoms with Gasteiger partial charge in [-0.1, -0.05) is 5.16 Å². The highest BCUT2D eigenvalue weighted by atomic mass is 16.5. The monoisotopic (exact) mass is 210 g/mol. The van der Waals surface area contributed by atoms with Gasteiger partial charge in [-0.15, -0.1) is 0 Å². The number of nitrogens with zero attached hydrogens (tertiary/aromatic N) is 1. The van der Waals surface area contributed by atoms with Crippen LogP contribution in [0.15, 0.2) is 10.6 Å². The van der Waals surface area contributed by atoms with Gasteiger partial charge in [-0.05, 0) is 25.7 Å². The van der Waals surface area contributed by atoms with E-state index in [1.807, 2.05) is 0 Å². The Labute approximate surface area is 87.5 Å². The molecular weight excluding hydrogens is 196 g/mol. The van der Waals surface area contributed by atoms with Gasteiger partial charge in [0, 0.05) is 12.6 Å². The normalized spacial score (nSPS) is 24.7. The van der Waals surface area contributed by atoms with Crippen molar-refractivity contribution >= 4 is 5.91 Å². The molecule has 0 bridgehead atoms. The van der Waals surface area contributed by atoms with Gasteiger partial charge < -0.3 is 14.9 Å². The number of rotatable bonds is 3. The van der Waals surface area contributed by atoms with Crippen LogP contribution in [0.2, 0.25) is 0 Å². The van der Waals surface area contributed by atoms with Gasteiger partial charge in [0.25, 0.3) is 5.91 Å². The lowest BCUT2D eigenvalue weighted by Gasteiger charge is -2.31. The van der Waals surface area contributed by atoms with Crippen LogP contribution in [0.3, 0.4) is 0 Å². The highest BCUT2D eigenvalue weighted by Gasteiger charge is 2.27. The van der Waals surface area contributed by atoms with Gasteiger partial charge in [0.1, 0.15) is 0 Å². The predicted molar refractivity (Wildman–Crippen MR) is 52.3 cm³/mol. The zero-order valence-corrected chi connectivity index (χ0v) is 8.56. The molecule has 1 heterocycles. The molecule has 5 nitrogen and oxygen atoms in total. The molecule has 1 aromatic rings. The molecule has 1 saturated carbocycles. The number of aliphatic hydroxyl groups is 1. The van der Waals surface area contributed by atoms with Crippen molar-refractivity contribution in [3.8, 4) is 0 Å². The van der Waals surface area contributed by atoms with Crippen LogP contribution in [0.25, 0.3) is 0 Å². The van der Waals surface area contributed by atoms with Gasteiger partial charge in [-0.2, -0.15) is 0 Å². The van der Waals surface area contributed by atoms with E-state index < -0.39 is 0 Å². The van der Waals surface area contributed by atoms with Crippen molar-refractivity contribution in [3.63, 3.8) is 0 Å². The quantitative estimate of drug-likeness (QED) is 0.761. The molecule has 15 heavy (non-hydrogen) atoms. The van der Waals surface area contributed by atoms with Crippen LogP contribution in [-0.2, 0) is 0 Å². The van der Waals surface area contributed by atoms with Crippen LogP contribution in [0, 0.1) is 12.8 Å². The Morgan fingerprint density at radius 3 is 3.00 bits per heavy atom. The molecule has 0 unspecified atom stereocenters. The van der Waals surface area contributed by atoms with Crippen LogP contribution in [-0.4, -0.2) is 28.8 Å². The number of amides is 1. The summed E-state index contributed by atoms with van der Waals surface area (Å²) in [5, 5.41) is 15.4. The van der Waals surface area contributed by atoms with Crippen LogP contribution in [0.4, 0.5) is 0 Å². The molecular formula is C10H14N2O3. The summed E-state index contributed by atoms with van der Waals surface area (Å²) in [4.78, 5) is 11.5. The van der Waals surface area contributed by atoms with Crippen molar-refractivity contribution in [1.29, 1.82) is 0 Å². The first-order valence-corrected chi connectivity index (χ1v) is 5.04. The second kappa shape index (κ2) is 4.02. The molecule has 0 aliphatic heterocycles. The standard InChI is InChI=1S/C10H14N2O3/c1-6-2-9(15-12-6)10(14)11-5-7-3-8(13)4-7/h2,7-8,13H,3-5H2,1H3,(H,11,14). The Bertz CT molecular complexity index is 355. The number of carbonyl (C=O) groups is 1. The third-order valence-corrected chi connectivity index (χ3v) is 2.61. The van der Waals surface area contributed by atoms with Crippen molar-refractivity contribution in [2.45, 2.75) is 25.9 Å². The van der Waals surface area contributed by atoms with Gasteiger partial charge in [-0.25, -0.2) is 0 Å². The van der Waals surface area contributed by atoms with E-state index in [2.05, 4.69) is 10.5 Å². The molecule has 1 fully saturated rings. The van der Waals surface area contributed by atoms with E-state index >= 15 is 0 Å². The Balaban J connectivity index is 1.78. The van der Waals surface area contributed by atoms with Crippen LogP contribution < -0.4 is 5.32 Å². The van der Waals surface area contributed by atoms with E-state index in [9.17, 15) is 4.79 Å². The Morgan fingerprint density at radius 2 is 2.47 bits per heavy atom. The summed E-state index contributed by atoms with van der Waals surface area (Å²) in [6.45, 7) is 2.36. The van der Waals surface area contributed by atoms with Gasteiger partial charge in [0.15, 0.2) is 0 Å². The lowest BCUT2D eigenvalue weighted by Crippen LogP contribution is -2.38. The summed E-state index contributed by atoms with van der Waals surface area (Å²) < 4.78 is 4.82. The molecule has 0 saturated heterocycles. The topological polar surface area (TPSA) is 75.4 Å². The molecule has 2 N–H and O–H groups in total. The molecule has 5 heteroatoms. The van der Waals surface area contributed by atoms with Crippen molar-refractivity contribution in [1.82, 2.24) is 10.5 Å². The summed E-state index contributed by atoms with van der Waals surface area (Å²) in [6, 6.07) is 1.60. The molecule has 1 aromatic heterocycles. The van der Waals surface area contributed by atoms with Gasteiger partial charge >= 0.3 is 0 Å². The van der Waals surface area contributed by atoms with E-state index in [0.29, 0.717) is 18.2 Å². The lowest BCUT2D eigenvalue weighted by molar-refractivity contribution is 0.0417. The van der Waals surface area contributed by atoms with E-state index in [1.165, 1.54) is 0 Å². The van der Waals surface area contributed by atoms with Crippen molar-refractivity contribution in [2.24, 2.45) is 5.92 Å². The number of nitrogens with one attached hydrogen (secondary N) is 1. The molecule has 82 valence electrons. The summed E-state index contributed by atoms with van der Waals surface area (Å²) in [5.41, 5.74) is 0.694. The van der Waals surface area contributed by atoms with Gasteiger partial charge in [0.2, 0.25) is 5.76 Å². The molecule has 1 amide bonds. The molecule has 0 aromatic carbocycles. The van der Waals surface area contributed by atoms with Crippen LogP contribution in [0.5, 0.6) is 0 Å². The number of hydrogen-bond donors (Lipinski definition) is 2. The maximum atomic E-state index is 11.5. The minimum atomic E-state index is -0.239. The highest BCUT2D eigenvalue weighted by molar-refractivity contribution is 5.91. The number of aryl methyl sites for hydroxylation is 1. The van der Waals surface area contributed by atoms with E-state index in [-0.39, 0.29) is 17.8 Å². The molecule has 0 atom stereocenters. The third kappa shape index (κ3) is 2.36. The summed E-state index contributed by atoms with van der Waals surface area (Å²) in [6.07, 6.45) is 1.37. The molecule has 1 aliphatic carbocycles. The fraction of sp³-hybridized carbons (Fsp3) is 0.600. The number of carbonyl (C=O) groups excluding carboxylic acids is 1. The fourth-order valence-electron chi connectivity index (χ4n) is 1.66. The number of aromatic nitrogens is 1. The van der Waals surface area contributed by atoms with Crippen molar-refractivity contribution < 1.29 is 14.4 Å². The second-order valence-electron chi connectivity index (χ2n) is 4.03. The zero-order chi connectivity index (χ0) is 10.8. The van der Waals surface area contributed by atoms with E-state index in [1.54, 1.807) is 13.0 Å². The van der Waals surface area contributed by atoms with E-state index in [4.69, 9.17) is 9.63 Å². The van der Waals surface area contributed by atoms with Crippen LogP contribution in [0.1, 0.15) is 29.1 Å². The fourth-order valence-corrected chi connectivity index (χ4v) is 1.66. The molecule has 0 radical (unpaired) electrons. The van der Waals surface area contributed by atoms with E-state index in [0.717, 1.165) is 12.8 Å². The first-order chi connectivity index (χ1) is 7.15. The van der Waals surface area contributed by atoms with Gasteiger partial charge in [0.05, 0.1) is 11.8 Å². The Kier molecular flexibility index (Phi) is 2.73. The van der Waals surface area contributed by atoms with Crippen molar-refractivity contribution in [3.05, 3.63) is 17.5 Å². The molecule has 0 spiro atoms. The second-order valence-corrected chi connectivity index (χ2v) is 4.03. The van der Waals surface area contributed by atoms with Crippen LogP contribution >= 0.6 is 0 Å². The first kappa shape index (κ1) is 10.2. The molecule has 1 aliphatic rings. The smallest absolute Gasteiger partial charge is 0.289 e. The first-order valence-electron chi connectivity index (χ1n) is 5.04. The summed E-state index contributed by atoms with van der Waals surface area (Å²) in [5.74, 6) is 0.400. The summed E-state index contributed by atoms with van der Waals surface area (Å²) >= 11 is 0. The number of hydrogen-bond acceptors (Lipinski definition) is 4. The third-order valence-electron chi connectivity index (χ3n) is 2.61. The zero-order valence-electron chi connectivity index (χ0n) is 8.56. The largest absolute Gasteiger partial charge is 0.393 e. The number of aliphatic hydroxyl groups excluding tert-OH is 1. The lowest BCUT2D eigenvalue weighted by atomic mass is 9.82. The summed E-state index contributed by atoms with van der Waals surface area (Å²) in [7, 11) is 0. The Hall–Kier alpha value is -1.36. The van der Waals surface area contributed by atoms with Crippen molar-refractivity contribution in [2.75, 3.05) is 6.54 Å². The minimum absolute atomic E-state index is 0.181. The van der Waals surface area contributed by atoms with Gasteiger partial charge in [-0.3, -0.25) is 4.79 Å². The Morgan fingerprint density at radius 1 is 1.73 bits per heavy atom.